The molecule has 0 aromatic carbocycles. The summed E-state index contributed by atoms with van der Waals surface area (Å²) in [6, 6.07) is 0. The van der Waals surface area contributed by atoms with Gasteiger partial charge in [0.1, 0.15) is 12.4 Å². The van der Waals surface area contributed by atoms with Gasteiger partial charge in [0.05, 0.1) is 0 Å². The van der Waals surface area contributed by atoms with Crippen LogP contribution in [0.1, 0.15) is 25.3 Å². The Morgan fingerprint density at radius 2 is 2.50 bits per heavy atom. The van der Waals surface area contributed by atoms with Gasteiger partial charge in [-0.2, -0.15) is 5.10 Å². The Balaban J connectivity index is 2.71. The summed E-state index contributed by atoms with van der Waals surface area (Å²) in [6.07, 6.45) is 1.38. The Bertz CT molecular complexity index is 235. The highest BCUT2D eigenvalue weighted by atomic mass is 16.3. The summed E-state index contributed by atoms with van der Waals surface area (Å²) in [7, 11) is 0. The fraction of sp³-hybridized carbons (Fsp3) is 0.714. The minimum Gasteiger partial charge on any atom is -0.385 e. The summed E-state index contributed by atoms with van der Waals surface area (Å²) in [5, 5.41) is 13.5. The summed E-state index contributed by atoms with van der Waals surface area (Å²) in [6.45, 7) is 3.13. The van der Waals surface area contributed by atoms with Crippen LogP contribution in [0.4, 0.5) is 0 Å². The molecule has 12 heavy (non-hydrogen) atoms. The zero-order valence-corrected chi connectivity index (χ0v) is 7.14. The van der Waals surface area contributed by atoms with Crippen LogP contribution in [0.3, 0.4) is 0 Å². The first-order chi connectivity index (χ1) is 5.79. The first-order valence-electron chi connectivity index (χ1n) is 4.05. The molecule has 0 aliphatic rings. The van der Waals surface area contributed by atoms with Crippen molar-refractivity contribution in [3.8, 4) is 0 Å². The van der Waals surface area contributed by atoms with E-state index >= 15 is 0 Å². The molecule has 0 radical (unpaired) electrons. The minimum atomic E-state index is -0.586. The van der Waals surface area contributed by atoms with E-state index in [1.54, 1.807) is 4.68 Å². The van der Waals surface area contributed by atoms with E-state index in [-0.39, 0.29) is 0 Å². The summed E-state index contributed by atoms with van der Waals surface area (Å²) in [5.41, 5.74) is 5.31. The number of aryl methyl sites for hydroxylation is 1. The maximum absolute atomic E-state index is 9.52. The maximum atomic E-state index is 9.52. The van der Waals surface area contributed by atoms with Gasteiger partial charge in [-0.15, -0.1) is 0 Å². The third-order valence-electron chi connectivity index (χ3n) is 1.68. The van der Waals surface area contributed by atoms with Gasteiger partial charge in [0, 0.05) is 6.54 Å². The Morgan fingerprint density at radius 3 is 3.08 bits per heavy atom. The van der Waals surface area contributed by atoms with Crippen LogP contribution in [-0.2, 0) is 6.54 Å². The van der Waals surface area contributed by atoms with Gasteiger partial charge in [-0.3, -0.25) is 0 Å². The first kappa shape index (κ1) is 9.15. The molecule has 1 atom stereocenters. The van der Waals surface area contributed by atoms with Crippen LogP contribution in [0.25, 0.3) is 0 Å². The van der Waals surface area contributed by atoms with Crippen molar-refractivity contribution < 1.29 is 5.11 Å². The molecule has 0 spiro atoms. The van der Waals surface area contributed by atoms with Crippen LogP contribution >= 0.6 is 0 Å². The molecule has 0 bridgehead atoms. The highest BCUT2D eigenvalue weighted by molar-refractivity contribution is 4.89. The number of aliphatic hydroxyl groups excluding tert-OH is 1. The average molecular weight is 170 g/mol. The summed E-state index contributed by atoms with van der Waals surface area (Å²) in [4.78, 5) is 3.95. The van der Waals surface area contributed by atoms with Crippen molar-refractivity contribution in [2.24, 2.45) is 5.73 Å². The molecular formula is C7H14N4O. The minimum absolute atomic E-state index is 0.456. The van der Waals surface area contributed by atoms with Crippen molar-refractivity contribution in [2.75, 3.05) is 6.54 Å². The van der Waals surface area contributed by atoms with Crippen LogP contribution in [0.5, 0.6) is 0 Å². The molecule has 1 heterocycles. The lowest BCUT2D eigenvalue weighted by Crippen LogP contribution is -2.13. The predicted octanol–water partition coefficient (Wildman–Crippen LogP) is -0.320. The van der Waals surface area contributed by atoms with Crippen molar-refractivity contribution in [1.82, 2.24) is 14.8 Å². The summed E-state index contributed by atoms with van der Waals surface area (Å²) in [5.74, 6) is 0.600. The predicted molar refractivity (Wildman–Crippen MR) is 44.3 cm³/mol. The van der Waals surface area contributed by atoms with E-state index in [4.69, 9.17) is 5.73 Å². The molecule has 0 saturated heterocycles. The summed E-state index contributed by atoms with van der Waals surface area (Å²) < 4.78 is 1.67. The topological polar surface area (TPSA) is 77.0 Å². The third-order valence-corrected chi connectivity index (χ3v) is 1.68. The summed E-state index contributed by atoms with van der Waals surface area (Å²) >= 11 is 0. The van der Waals surface area contributed by atoms with Gasteiger partial charge in [-0.05, 0) is 19.9 Å². The molecule has 0 saturated carbocycles. The normalized spacial score (nSPS) is 13.2. The van der Waals surface area contributed by atoms with Crippen LogP contribution in [0, 0.1) is 0 Å². The third kappa shape index (κ3) is 1.80. The Labute approximate surface area is 71.2 Å². The molecule has 1 rings (SSSR count). The zero-order chi connectivity index (χ0) is 8.97. The lowest BCUT2D eigenvalue weighted by molar-refractivity contribution is 0.154. The first-order valence-corrected chi connectivity index (χ1v) is 4.05. The van der Waals surface area contributed by atoms with E-state index in [1.807, 2.05) is 6.92 Å². The van der Waals surface area contributed by atoms with E-state index in [0.29, 0.717) is 18.8 Å². The van der Waals surface area contributed by atoms with Gasteiger partial charge >= 0.3 is 0 Å². The smallest absolute Gasteiger partial charge is 0.155 e. The monoisotopic (exact) mass is 170 g/mol. The van der Waals surface area contributed by atoms with Gasteiger partial charge in [0.25, 0.3) is 0 Å². The molecule has 68 valence electrons. The standard InChI is InChI=1S/C7H14N4O/c1-2-11-7(9-5-10-11)6(12)3-4-8/h5-6,12H,2-4,8H2,1H3. The molecule has 0 aliphatic heterocycles. The van der Waals surface area contributed by atoms with Gasteiger partial charge in [-0.1, -0.05) is 0 Å². The van der Waals surface area contributed by atoms with E-state index in [1.165, 1.54) is 6.33 Å². The van der Waals surface area contributed by atoms with Gasteiger partial charge in [0.2, 0.25) is 0 Å². The molecule has 3 N–H and O–H groups in total. The average Bonchev–Trinajstić information content (AvgIpc) is 2.51. The number of aliphatic hydroxyl groups is 1. The number of nitrogens with zero attached hydrogens (tertiary/aromatic N) is 3. The van der Waals surface area contributed by atoms with Crippen molar-refractivity contribution in [3.05, 3.63) is 12.2 Å². The molecule has 5 heteroatoms. The molecular weight excluding hydrogens is 156 g/mol. The zero-order valence-electron chi connectivity index (χ0n) is 7.14. The Hall–Kier alpha value is -0.940. The molecule has 1 unspecified atom stereocenters. The van der Waals surface area contributed by atoms with E-state index < -0.39 is 6.10 Å². The van der Waals surface area contributed by atoms with Crippen molar-refractivity contribution in [3.63, 3.8) is 0 Å². The largest absolute Gasteiger partial charge is 0.385 e. The second kappa shape index (κ2) is 4.18. The molecule has 1 aromatic rings. The fourth-order valence-corrected chi connectivity index (χ4v) is 1.06. The number of nitrogens with two attached hydrogens (primary N) is 1. The number of hydrogen-bond acceptors (Lipinski definition) is 4. The highest BCUT2D eigenvalue weighted by Crippen LogP contribution is 2.11. The number of rotatable bonds is 4. The van der Waals surface area contributed by atoms with Gasteiger partial charge in [0.15, 0.2) is 5.82 Å². The van der Waals surface area contributed by atoms with Crippen LogP contribution < -0.4 is 5.73 Å². The van der Waals surface area contributed by atoms with E-state index in [9.17, 15) is 5.11 Å². The molecule has 0 fully saturated rings. The molecule has 0 amide bonds. The number of aromatic nitrogens is 3. The number of hydrogen-bond donors (Lipinski definition) is 2. The fourth-order valence-electron chi connectivity index (χ4n) is 1.06. The molecule has 5 nitrogen and oxygen atoms in total. The second-order valence-electron chi connectivity index (χ2n) is 2.53. The highest BCUT2D eigenvalue weighted by Gasteiger charge is 2.12. The Morgan fingerprint density at radius 1 is 1.75 bits per heavy atom. The molecule has 1 aromatic heterocycles. The second-order valence-corrected chi connectivity index (χ2v) is 2.53. The van der Waals surface area contributed by atoms with Crippen LogP contribution in [-0.4, -0.2) is 26.4 Å². The quantitative estimate of drug-likeness (QED) is 0.649. The van der Waals surface area contributed by atoms with Crippen LogP contribution in [0.15, 0.2) is 6.33 Å². The van der Waals surface area contributed by atoms with Crippen molar-refractivity contribution >= 4 is 0 Å². The Kier molecular flexibility index (Phi) is 3.19. The van der Waals surface area contributed by atoms with E-state index in [2.05, 4.69) is 10.1 Å². The SMILES string of the molecule is CCn1ncnc1C(O)CCN. The lowest BCUT2D eigenvalue weighted by Gasteiger charge is -2.08. The van der Waals surface area contributed by atoms with Crippen LogP contribution in [0.2, 0.25) is 0 Å². The van der Waals surface area contributed by atoms with Gasteiger partial charge in [-0.25, -0.2) is 9.67 Å². The van der Waals surface area contributed by atoms with Crippen molar-refractivity contribution in [1.29, 1.82) is 0 Å². The molecule has 0 aliphatic carbocycles. The van der Waals surface area contributed by atoms with Gasteiger partial charge < -0.3 is 10.8 Å². The van der Waals surface area contributed by atoms with Crippen molar-refractivity contribution in [2.45, 2.75) is 26.0 Å². The van der Waals surface area contributed by atoms with E-state index in [0.717, 1.165) is 6.54 Å². The lowest BCUT2D eigenvalue weighted by atomic mass is 10.2. The maximum Gasteiger partial charge on any atom is 0.155 e.